The zero-order valence-electron chi connectivity index (χ0n) is 16.0. The Bertz CT molecular complexity index is 552. The lowest BCUT2D eigenvalue weighted by molar-refractivity contribution is -0.117. The van der Waals surface area contributed by atoms with Gasteiger partial charge in [-0.05, 0) is 12.8 Å². The van der Waals surface area contributed by atoms with Crippen molar-refractivity contribution in [3.05, 3.63) is 0 Å². The molecule has 1 rings (SSSR count). The highest BCUT2D eigenvalue weighted by Gasteiger charge is 2.22. The molecule has 0 aromatic carbocycles. The van der Waals surface area contributed by atoms with Crippen LogP contribution in [0.4, 0.5) is 11.9 Å². The first-order valence-corrected chi connectivity index (χ1v) is 8.28. The number of hydrogen-bond donors (Lipinski definition) is 0. The molecule has 2 amide bonds. The second kappa shape index (κ2) is 11.3. The number of methoxy groups -OCH3 is 3. The van der Waals surface area contributed by atoms with Crippen molar-refractivity contribution in [2.45, 2.75) is 26.7 Å². The van der Waals surface area contributed by atoms with Crippen LogP contribution in [0.2, 0.25) is 0 Å². The molecule has 0 aliphatic heterocycles. The summed E-state index contributed by atoms with van der Waals surface area (Å²) in [7, 11) is 4.59. The number of carbonyl (C=O) groups excluding carboxylic acids is 2. The number of nitrogens with zero attached hydrogens (tertiary/aromatic N) is 5. The van der Waals surface area contributed by atoms with E-state index in [2.05, 4.69) is 15.0 Å². The van der Waals surface area contributed by atoms with Gasteiger partial charge in [0.2, 0.25) is 23.7 Å². The molecule has 146 valence electrons. The molecule has 0 atom stereocenters. The largest absolute Gasteiger partial charge is 0.467 e. The van der Waals surface area contributed by atoms with Gasteiger partial charge in [-0.1, -0.05) is 0 Å². The Morgan fingerprint density at radius 3 is 1.54 bits per heavy atom. The standard InChI is InChI=1S/C16H27N5O5/c1-12(22)20(8-6-10-24-3)14-17-15(19-16(18-14)26-5)21(13(2)23)9-7-11-25-4/h6-11H2,1-5H3. The van der Waals surface area contributed by atoms with E-state index in [1.54, 1.807) is 14.2 Å². The van der Waals surface area contributed by atoms with Crippen molar-refractivity contribution in [2.24, 2.45) is 0 Å². The van der Waals surface area contributed by atoms with Crippen LogP contribution in [-0.4, -0.2) is 74.4 Å². The molecule has 10 heteroatoms. The molecule has 1 heterocycles. The van der Waals surface area contributed by atoms with Crippen LogP contribution in [0.15, 0.2) is 0 Å². The maximum atomic E-state index is 12.0. The summed E-state index contributed by atoms with van der Waals surface area (Å²) in [5.74, 6) is -0.190. The van der Waals surface area contributed by atoms with E-state index in [0.29, 0.717) is 39.1 Å². The third kappa shape index (κ3) is 6.52. The molecule has 0 N–H and O–H groups in total. The Hall–Kier alpha value is -2.33. The van der Waals surface area contributed by atoms with Gasteiger partial charge in [-0.25, -0.2) is 0 Å². The zero-order valence-corrected chi connectivity index (χ0v) is 16.0. The molecule has 26 heavy (non-hydrogen) atoms. The lowest BCUT2D eigenvalue weighted by Crippen LogP contribution is -2.35. The summed E-state index contributed by atoms with van der Waals surface area (Å²) in [6.07, 6.45) is 1.23. The summed E-state index contributed by atoms with van der Waals surface area (Å²) in [6, 6.07) is 0.0287. The molecule has 0 fully saturated rings. The van der Waals surface area contributed by atoms with Gasteiger partial charge >= 0.3 is 6.01 Å². The molecule has 0 bridgehead atoms. The van der Waals surface area contributed by atoms with Crippen LogP contribution >= 0.6 is 0 Å². The van der Waals surface area contributed by atoms with Crippen molar-refractivity contribution < 1.29 is 23.8 Å². The van der Waals surface area contributed by atoms with Crippen molar-refractivity contribution in [3.63, 3.8) is 0 Å². The Balaban J connectivity index is 3.17. The van der Waals surface area contributed by atoms with E-state index in [1.165, 1.54) is 30.8 Å². The SMILES string of the molecule is COCCCN(C(C)=O)c1nc(OC)nc(N(CCCOC)C(C)=O)n1. The van der Waals surface area contributed by atoms with Crippen molar-refractivity contribution >= 4 is 23.7 Å². The molecule has 10 nitrogen and oxygen atoms in total. The molecule has 0 aliphatic rings. The summed E-state index contributed by atoms with van der Waals surface area (Å²) in [4.78, 5) is 39.4. The Morgan fingerprint density at radius 2 is 1.23 bits per heavy atom. The minimum absolute atomic E-state index is 0.0287. The smallest absolute Gasteiger partial charge is 0.322 e. The number of carbonyl (C=O) groups is 2. The third-order valence-electron chi connectivity index (χ3n) is 3.48. The van der Waals surface area contributed by atoms with Gasteiger partial charge in [0, 0.05) is 54.4 Å². The van der Waals surface area contributed by atoms with Crippen LogP contribution in [0.3, 0.4) is 0 Å². The second-order valence-electron chi connectivity index (χ2n) is 5.46. The maximum absolute atomic E-state index is 12.0. The molecule has 0 aliphatic carbocycles. The van der Waals surface area contributed by atoms with Gasteiger partial charge < -0.3 is 14.2 Å². The van der Waals surface area contributed by atoms with E-state index < -0.39 is 0 Å². The maximum Gasteiger partial charge on any atom is 0.322 e. The first-order valence-electron chi connectivity index (χ1n) is 8.28. The van der Waals surface area contributed by atoms with Crippen molar-refractivity contribution in [1.29, 1.82) is 0 Å². The van der Waals surface area contributed by atoms with Gasteiger partial charge in [0.1, 0.15) is 0 Å². The van der Waals surface area contributed by atoms with Crippen LogP contribution in [0.5, 0.6) is 6.01 Å². The first kappa shape index (κ1) is 21.7. The third-order valence-corrected chi connectivity index (χ3v) is 3.48. The predicted molar refractivity (Wildman–Crippen MR) is 95.4 cm³/mol. The molecule has 1 aromatic rings. The fourth-order valence-electron chi connectivity index (χ4n) is 2.20. The minimum Gasteiger partial charge on any atom is -0.467 e. The highest BCUT2D eigenvalue weighted by Crippen LogP contribution is 2.19. The number of ether oxygens (including phenoxy) is 3. The molecule has 0 spiro atoms. The van der Waals surface area contributed by atoms with Gasteiger partial charge in [0.05, 0.1) is 7.11 Å². The minimum atomic E-state index is -0.228. The quantitative estimate of drug-likeness (QED) is 0.524. The second-order valence-corrected chi connectivity index (χ2v) is 5.46. The lowest BCUT2D eigenvalue weighted by atomic mass is 10.4. The number of hydrogen-bond acceptors (Lipinski definition) is 8. The highest BCUT2D eigenvalue weighted by molar-refractivity contribution is 5.91. The van der Waals surface area contributed by atoms with Crippen LogP contribution in [0.1, 0.15) is 26.7 Å². The molecule has 0 unspecified atom stereocenters. The number of amides is 2. The molecular formula is C16H27N5O5. The van der Waals surface area contributed by atoms with Crippen LogP contribution in [-0.2, 0) is 19.1 Å². The van der Waals surface area contributed by atoms with Crippen molar-refractivity contribution in [3.8, 4) is 6.01 Å². The topological polar surface area (TPSA) is 107 Å². The van der Waals surface area contributed by atoms with Gasteiger partial charge in [0.25, 0.3) is 0 Å². The predicted octanol–water partition coefficient (Wildman–Crippen LogP) is 0.659. The summed E-state index contributed by atoms with van der Waals surface area (Å²) < 4.78 is 15.2. The van der Waals surface area contributed by atoms with Gasteiger partial charge in [-0.2, -0.15) is 15.0 Å². The van der Waals surface area contributed by atoms with E-state index in [0.717, 1.165) is 0 Å². The van der Waals surface area contributed by atoms with E-state index in [9.17, 15) is 9.59 Å². The summed E-state index contributed by atoms with van der Waals surface area (Å²) >= 11 is 0. The monoisotopic (exact) mass is 369 g/mol. The Labute approximate surface area is 153 Å². The molecule has 0 radical (unpaired) electrons. The van der Waals surface area contributed by atoms with Gasteiger partial charge in [0.15, 0.2) is 0 Å². The summed E-state index contributed by atoms with van der Waals surface area (Å²) in [5, 5.41) is 0. The fraction of sp³-hybridized carbons (Fsp3) is 0.688. The number of aromatic nitrogens is 3. The molecule has 1 aromatic heterocycles. The van der Waals surface area contributed by atoms with Gasteiger partial charge in [-0.15, -0.1) is 0 Å². The fourth-order valence-corrected chi connectivity index (χ4v) is 2.20. The normalized spacial score (nSPS) is 10.5. The Kier molecular flexibility index (Phi) is 9.45. The zero-order chi connectivity index (χ0) is 19.5. The van der Waals surface area contributed by atoms with Crippen molar-refractivity contribution in [2.75, 3.05) is 57.4 Å². The first-order chi connectivity index (χ1) is 12.4. The average molecular weight is 369 g/mol. The van der Waals surface area contributed by atoms with Crippen LogP contribution in [0, 0.1) is 0 Å². The lowest BCUT2D eigenvalue weighted by Gasteiger charge is -2.23. The van der Waals surface area contributed by atoms with Crippen LogP contribution in [0.25, 0.3) is 0 Å². The molecule has 0 saturated carbocycles. The van der Waals surface area contributed by atoms with Crippen molar-refractivity contribution in [1.82, 2.24) is 15.0 Å². The van der Waals surface area contributed by atoms with Crippen LogP contribution < -0.4 is 14.5 Å². The number of anilines is 2. The molecular weight excluding hydrogens is 342 g/mol. The summed E-state index contributed by atoms with van der Waals surface area (Å²) in [6.45, 7) is 4.58. The van der Waals surface area contributed by atoms with Gasteiger partial charge in [-0.3, -0.25) is 19.4 Å². The highest BCUT2D eigenvalue weighted by atomic mass is 16.5. The van der Waals surface area contributed by atoms with E-state index >= 15 is 0 Å². The van der Waals surface area contributed by atoms with E-state index in [4.69, 9.17) is 14.2 Å². The average Bonchev–Trinajstić information content (AvgIpc) is 2.61. The van der Waals surface area contributed by atoms with E-state index in [1.807, 2.05) is 0 Å². The van der Waals surface area contributed by atoms with E-state index in [-0.39, 0.29) is 29.7 Å². The number of rotatable bonds is 11. The molecule has 0 saturated heterocycles. The Morgan fingerprint density at radius 1 is 0.808 bits per heavy atom. The summed E-state index contributed by atoms with van der Waals surface area (Å²) in [5.41, 5.74) is 0.